The first-order valence-electron chi connectivity index (χ1n) is 5.08. The molecule has 0 aromatic rings. The zero-order valence-electron chi connectivity index (χ0n) is 8.54. The van der Waals surface area contributed by atoms with Crippen LogP contribution in [0.1, 0.15) is 39.5 Å². The van der Waals surface area contributed by atoms with Crippen molar-refractivity contribution in [2.24, 2.45) is 0 Å². The van der Waals surface area contributed by atoms with Gasteiger partial charge in [-0.1, -0.05) is 0 Å². The molecular formula is C10H23P. The Kier molecular flexibility index (Phi) is 2.64. The molecule has 0 spiro atoms. The van der Waals surface area contributed by atoms with Crippen LogP contribution in [0.15, 0.2) is 0 Å². The molecule has 0 bridgehead atoms. The van der Waals surface area contributed by atoms with Crippen molar-refractivity contribution >= 4 is 7.26 Å². The SMILES string of the molecule is CCC[C@]1(CC)CC[PH]1(C)C. The van der Waals surface area contributed by atoms with Crippen LogP contribution in [-0.2, 0) is 0 Å². The van der Waals surface area contributed by atoms with E-state index in [2.05, 4.69) is 27.2 Å². The average molecular weight is 174 g/mol. The molecular weight excluding hydrogens is 151 g/mol. The van der Waals surface area contributed by atoms with Gasteiger partial charge in [-0.25, -0.2) is 0 Å². The third kappa shape index (κ3) is 1.35. The van der Waals surface area contributed by atoms with E-state index >= 15 is 0 Å². The molecule has 11 heavy (non-hydrogen) atoms. The van der Waals surface area contributed by atoms with Crippen molar-refractivity contribution in [3.05, 3.63) is 0 Å². The second-order valence-corrected chi connectivity index (χ2v) is 10.1. The zero-order chi connectivity index (χ0) is 8.54. The molecule has 1 rings (SSSR count). The first kappa shape index (κ1) is 9.52. The molecule has 1 fully saturated rings. The Morgan fingerprint density at radius 3 is 2.00 bits per heavy atom. The van der Waals surface area contributed by atoms with Gasteiger partial charge in [-0.15, -0.1) is 0 Å². The van der Waals surface area contributed by atoms with Crippen molar-refractivity contribution in [1.82, 2.24) is 0 Å². The third-order valence-electron chi connectivity index (χ3n) is 4.07. The van der Waals surface area contributed by atoms with Crippen molar-refractivity contribution < 1.29 is 0 Å². The molecule has 1 atom stereocenters. The maximum atomic E-state index is 2.58. The van der Waals surface area contributed by atoms with E-state index in [4.69, 9.17) is 0 Å². The molecule has 1 saturated heterocycles. The van der Waals surface area contributed by atoms with Gasteiger partial charge in [0.2, 0.25) is 0 Å². The van der Waals surface area contributed by atoms with Crippen LogP contribution in [0.25, 0.3) is 0 Å². The summed E-state index contributed by atoms with van der Waals surface area (Å²) in [5.74, 6) is 0. The van der Waals surface area contributed by atoms with Crippen molar-refractivity contribution in [1.29, 1.82) is 0 Å². The molecule has 0 nitrogen and oxygen atoms in total. The molecule has 0 aromatic heterocycles. The van der Waals surface area contributed by atoms with Gasteiger partial charge < -0.3 is 0 Å². The Balaban J connectivity index is 2.62. The molecule has 1 heterocycles. The molecule has 0 amide bonds. The summed E-state index contributed by atoms with van der Waals surface area (Å²) in [7, 11) is -0.751. The van der Waals surface area contributed by atoms with Crippen molar-refractivity contribution in [3.8, 4) is 0 Å². The summed E-state index contributed by atoms with van der Waals surface area (Å²) < 4.78 is 0. The van der Waals surface area contributed by atoms with Crippen molar-refractivity contribution in [3.63, 3.8) is 0 Å². The summed E-state index contributed by atoms with van der Waals surface area (Å²) >= 11 is 0. The number of hydrogen-bond donors (Lipinski definition) is 0. The van der Waals surface area contributed by atoms with E-state index in [1.807, 2.05) is 0 Å². The predicted octanol–water partition coefficient (Wildman–Crippen LogP) is 3.35. The standard InChI is InChI=1S/C10H23P/c1-5-7-10(6-2)8-9-11(10,3)4/h11H,5-9H2,1-4H3/t10-/m1/s1. The van der Waals surface area contributed by atoms with Crippen LogP contribution in [0, 0.1) is 0 Å². The van der Waals surface area contributed by atoms with Gasteiger partial charge in [0.1, 0.15) is 0 Å². The molecule has 1 aliphatic heterocycles. The Morgan fingerprint density at radius 1 is 1.27 bits per heavy atom. The van der Waals surface area contributed by atoms with Gasteiger partial charge in [0.05, 0.1) is 0 Å². The normalized spacial score (nSPS) is 37.8. The molecule has 1 aliphatic rings. The van der Waals surface area contributed by atoms with Gasteiger partial charge in [0.25, 0.3) is 0 Å². The van der Waals surface area contributed by atoms with Gasteiger partial charge in [0.15, 0.2) is 0 Å². The second-order valence-electron chi connectivity index (χ2n) is 4.77. The number of hydrogen-bond acceptors (Lipinski definition) is 0. The van der Waals surface area contributed by atoms with Gasteiger partial charge in [-0.05, 0) is 0 Å². The second kappa shape index (κ2) is 3.05. The van der Waals surface area contributed by atoms with E-state index in [9.17, 15) is 0 Å². The quantitative estimate of drug-likeness (QED) is 0.576. The Hall–Kier alpha value is 0.430. The summed E-state index contributed by atoms with van der Waals surface area (Å²) in [6.07, 6.45) is 7.46. The van der Waals surface area contributed by atoms with Gasteiger partial charge >= 0.3 is 71.4 Å². The minimum absolute atomic E-state index is 0.751. The van der Waals surface area contributed by atoms with Crippen LogP contribution in [0.3, 0.4) is 0 Å². The van der Waals surface area contributed by atoms with E-state index in [-0.39, 0.29) is 0 Å². The summed E-state index contributed by atoms with van der Waals surface area (Å²) in [5.41, 5.74) is 0. The summed E-state index contributed by atoms with van der Waals surface area (Å²) in [4.78, 5) is 0. The Morgan fingerprint density at radius 2 is 1.91 bits per heavy atom. The Bertz CT molecular complexity index is 136. The van der Waals surface area contributed by atoms with E-state index in [1.165, 1.54) is 25.7 Å². The number of rotatable bonds is 3. The molecule has 68 valence electrons. The van der Waals surface area contributed by atoms with Gasteiger partial charge in [0, 0.05) is 0 Å². The van der Waals surface area contributed by atoms with E-state index in [0.29, 0.717) is 0 Å². The molecule has 1 heteroatoms. The Labute approximate surface area is 72.1 Å². The summed E-state index contributed by atoms with van der Waals surface area (Å²) in [5, 5.41) is 0.849. The molecule has 0 aliphatic carbocycles. The summed E-state index contributed by atoms with van der Waals surface area (Å²) in [6.45, 7) is 9.88. The molecule has 0 aromatic carbocycles. The fourth-order valence-corrected chi connectivity index (χ4v) is 6.59. The fraction of sp³-hybridized carbons (Fsp3) is 1.00. The van der Waals surface area contributed by atoms with Crippen LogP contribution in [0.2, 0.25) is 0 Å². The van der Waals surface area contributed by atoms with Crippen LogP contribution in [-0.4, -0.2) is 24.6 Å². The van der Waals surface area contributed by atoms with Crippen LogP contribution in [0.4, 0.5) is 0 Å². The van der Waals surface area contributed by atoms with Gasteiger partial charge in [-0.2, -0.15) is 0 Å². The monoisotopic (exact) mass is 174 g/mol. The topological polar surface area (TPSA) is 0 Å². The molecule has 0 radical (unpaired) electrons. The van der Waals surface area contributed by atoms with E-state index < -0.39 is 7.26 Å². The van der Waals surface area contributed by atoms with Gasteiger partial charge in [-0.3, -0.25) is 0 Å². The first-order chi connectivity index (χ1) is 5.08. The molecule has 0 saturated carbocycles. The molecule has 0 N–H and O–H groups in total. The predicted molar refractivity (Wildman–Crippen MR) is 57.6 cm³/mol. The van der Waals surface area contributed by atoms with Crippen molar-refractivity contribution in [2.75, 3.05) is 19.5 Å². The van der Waals surface area contributed by atoms with E-state index in [0.717, 1.165) is 5.16 Å². The molecule has 0 unspecified atom stereocenters. The maximum absolute atomic E-state index is 2.58. The van der Waals surface area contributed by atoms with Crippen molar-refractivity contribution in [2.45, 2.75) is 44.7 Å². The van der Waals surface area contributed by atoms with E-state index in [1.54, 1.807) is 6.16 Å². The zero-order valence-corrected chi connectivity index (χ0v) is 9.54. The average Bonchev–Trinajstić information content (AvgIpc) is 1.98. The van der Waals surface area contributed by atoms with Crippen LogP contribution in [0.5, 0.6) is 0 Å². The first-order valence-corrected chi connectivity index (χ1v) is 8.29. The van der Waals surface area contributed by atoms with Crippen LogP contribution >= 0.6 is 7.26 Å². The fourth-order valence-electron chi connectivity index (χ4n) is 2.75. The third-order valence-corrected chi connectivity index (χ3v) is 9.29. The summed E-state index contributed by atoms with van der Waals surface area (Å²) in [6, 6.07) is 0. The minimum atomic E-state index is -0.751. The van der Waals surface area contributed by atoms with Crippen LogP contribution < -0.4 is 0 Å².